The van der Waals surface area contributed by atoms with Gasteiger partial charge in [0.2, 0.25) is 0 Å². The Morgan fingerprint density at radius 1 is 0.347 bits per heavy atom. The maximum absolute atomic E-state index is 7.00. The fourth-order valence-electron chi connectivity index (χ4n) is 12.4. The molecule has 6 nitrogen and oxygen atoms in total. The first-order valence-electron chi connectivity index (χ1n) is 24.6. The van der Waals surface area contributed by atoms with Crippen molar-refractivity contribution in [3.63, 3.8) is 0 Å². The second kappa shape index (κ2) is 14.9. The van der Waals surface area contributed by atoms with Gasteiger partial charge in [-0.15, -0.1) is 0 Å². The van der Waals surface area contributed by atoms with Gasteiger partial charge in [-0.1, -0.05) is 170 Å². The van der Waals surface area contributed by atoms with Crippen molar-refractivity contribution in [3.05, 3.63) is 237 Å². The molecule has 16 rings (SSSR count). The molecular weight excluding hydrogens is 879 g/mol. The third-order valence-electron chi connectivity index (χ3n) is 15.3. The third kappa shape index (κ3) is 5.46. The molecule has 0 saturated heterocycles. The van der Waals surface area contributed by atoms with E-state index in [4.69, 9.17) is 9.72 Å². The molecule has 0 aliphatic carbocycles. The highest BCUT2D eigenvalue weighted by Crippen LogP contribution is 2.46. The number of benzene rings is 10. The topological polar surface area (TPSA) is 39.1 Å². The molecule has 0 N–H and O–H groups in total. The first kappa shape index (κ1) is 39.2. The van der Waals surface area contributed by atoms with Gasteiger partial charge in [-0.3, -0.25) is 4.40 Å². The summed E-state index contributed by atoms with van der Waals surface area (Å²) in [5.41, 5.74) is 13.4. The number of hydrogen-bond acceptors (Lipinski definition) is 3. The standard InChI is InChI=1S/C66H41N5O/c1-2-16-41(17-3-1)45-25-11-26-52-48-22-6-4-20-46(48)47-21-5-7-23-49(47)53-31-14-33-59-65(53)69(62(45)52)40-68(59)42-18-10-19-43(38-42)72-44-35-36-51-55-28-13-30-57-56-29-12-27-54-50-24-8-9-32-58(50)70(63(54)56)60-34-15-37-67-66(60)71(64(55)57)61(51)39-44/h1-39H,40H2. The minimum atomic E-state index is 0.601. The molecule has 5 aromatic heterocycles. The molecule has 0 spiro atoms. The highest BCUT2D eigenvalue weighted by molar-refractivity contribution is 6.26. The number of aromatic nitrogens is 4. The number of nitrogens with zero attached hydrogens (tertiary/aromatic N) is 5. The van der Waals surface area contributed by atoms with Crippen LogP contribution in [0.4, 0.5) is 11.4 Å². The van der Waals surface area contributed by atoms with Crippen molar-refractivity contribution in [2.45, 2.75) is 6.67 Å². The van der Waals surface area contributed by atoms with Gasteiger partial charge in [-0.05, 0) is 75.6 Å². The summed E-state index contributed by atoms with van der Waals surface area (Å²) >= 11 is 0. The van der Waals surface area contributed by atoms with E-state index in [0.717, 1.165) is 56.0 Å². The van der Waals surface area contributed by atoms with E-state index in [2.05, 4.69) is 243 Å². The third-order valence-corrected chi connectivity index (χ3v) is 15.3. The normalized spacial score (nSPS) is 12.6. The van der Waals surface area contributed by atoms with Crippen LogP contribution in [0.2, 0.25) is 0 Å². The average molecular weight is 920 g/mol. The predicted octanol–water partition coefficient (Wildman–Crippen LogP) is 17.5. The molecule has 1 aliphatic heterocycles. The fraction of sp³-hybridized carbons (Fsp3) is 0.0152. The Hall–Kier alpha value is -9.65. The van der Waals surface area contributed by atoms with Crippen LogP contribution in [0.25, 0.3) is 120 Å². The van der Waals surface area contributed by atoms with Crippen molar-refractivity contribution in [1.29, 1.82) is 0 Å². The summed E-state index contributed by atoms with van der Waals surface area (Å²) in [5, 5.41) is 14.4. The van der Waals surface area contributed by atoms with Crippen molar-refractivity contribution in [3.8, 4) is 22.6 Å². The molecule has 1 aliphatic rings. The molecule has 72 heavy (non-hydrogen) atoms. The number of anilines is 2. The van der Waals surface area contributed by atoms with E-state index in [0.29, 0.717) is 6.67 Å². The predicted molar refractivity (Wildman–Crippen MR) is 300 cm³/mol. The number of fused-ring (bicyclic) bond motifs is 17. The number of hydrogen-bond donors (Lipinski definition) is 0. The summed E-state index contributed by atoms with van der Waals surface area (Å²) in [6.07, 6.45) is 1.91. The molecule has 6 heterocycles. The molecule has 0 radical (unpaired) electrons. The minimum absolute atomic E-state index is 0.601. The van der Waals surface area contributed by atoms with Crippen molar-refractivity contribution in [2.24, 2.45) is 0 Å². The van der Waals surface area contributed by atoms with Gasteiger partial charge < -0.3 is 18.6 Å². The lowest BCUT2D eigenvalue weighted by atomic mass is 9.98. The van der Waals surface area contributed by atoms with E-state index in [1.54, 1.807) is 0 Å². The van der Waals surface area contributed by atoms with E-state index in [-0.39, 0.29) is 0 Å². The molecule has 0 unspecified atom stereocenters. The van der Waals surface area contributed by atoms with E-state index in [1.165, 1.54) is 86.9 Å². The molecule has 0 amide bonds. The van der Waals surface area contributed by atoms with Crippen molar-refractivity contribution < 1.29 is 4.74 Å². The van der Waals surface area contributed by atoms with Crippen LogP contribution in [0.5, 0.6) is 11.5 Å². The maximum Gasteiger partial charge on any atom is 0.162 e. The van der Waals surface area contributed by atoms with E-state index < -0.39 is 0 Å². The van der Waals surface area contributed by atoms with Crippen LogP contribution in [0, 0.1) is 0 Å². The monoisotopic (exact) mass is 919 g/mol. The van der Waals surface area contributed by atoms with Crippen LogP contribution >= 0.6 is 0 Å². The van der Waals surface area contributed by atoms with Crippen LogP contribution in [-0.2, 0) is 6.67 Å². The lowest BCUT2D eigenvalue weighted by Crippen LogP contribution is -2.14. The number of ether oxygens (including phenoxy) is 1. The summed E-state index contributed by atoms with van der Waals surface area (Å²) < 4.78 is 14.3. The van der Waals surface area contributed by atoms with Crippen LogP contribution in [-0.4, -0.2) is 18.4 Å². The Labute approximate surface area is 412 Å². The molecule has 6 heteroatoms. The van der Waals surface area contributed by atoms with E-state index in [1.807, 2.05) is 12.3 Å². The molecule has 10 aromatic carbocycles. The minimum Gasteiger partial charge on any atom is -0.457 e. The quantitative estimate of drug-likeness (QED) is 0.177. The van der Waals surface area contributed by atoms with Gasteiger partial charge in [0.15, 0.2) is 5.65 Å². The Balaban J connectivity index is 0.898. The Kier molecular flexibility index (Phi) is 8.13. The van der Waals surface area contributed by atoms with Gasteiger partial charge >= 0.3 is 0 Å². The molecule has 0 saturated carbocycles. The highest BCUT2D eigenvalue weighted by atomic mass is 16.5. The zero-order chi connectivity index (χ0) is 47.0. The van der Waals surface area contributed by atoms with Gasteiger partial charge in [0.05, 0.1) is 44.3 Å². The maximum atomic E-state index is 7.00. The van der Waals surface area contributed by atoms with Crippen molar-refractivity contribution in [1.82, 2.24) is 18.4 Å². The van der Waals surface area contributed by atoms with Crippen LogP contribution in [0.3, 0.4) is 0 Å². The molecule has 0 fully saturated rings. The molecular formula is C66H41N5O. The number of para-hydroxylation sites is 5. The second-order valence-electron chi connectivity index (χ2n) is 19.0. The highest BCUT2D eigenvalue weighted by Gasteiger charge is 2.26. The summed E-state index contributed by atoms with van der Waals surface area (Å²) in [6.45, 7) is 0.601. The largest absolute Gasteiger partial charge is 0.457 e. The summed E-state index contributed by atoms with van der Waals surface area (Å²) in [7, 11) is 0. The Morgan fingerprint density at radius 3 is 1.61 bits per heavy atom. The zero-order valence-electron chi connectivity index (χ0n) is 38.9. The first-order valence-corrected chi connectivity index (χ1v) is 24.6. The SMILES string of the molecule is c1ccc(-c2cccc3c4ccccc4c4ccccc4c4cccc5c4n(c23)CN5c2cccc(Oc3ccc4c5cccc6c7cccc8c9ccccc9n(c9cccnc9n(c4c3)c56)c87)c2)cc1. The number of rotatable bonds is 4. The van der Waals surface area contributed by atoms with E-state index >= 15 is 0 Å². The van der Waals surface area contributed by atoms with Crippen LogP contribution < -0.4 is 9.64 Å². The van der Waals surface area contributed by atoms with E-state index in [9.17, 15) is 0 Å². The molecule has 0 bridgehead atoms. The van der Waals surface area contributed by atoms with Crippen molar-refractivity contribution >= 4 is 120 Å². The van der Waals surface area contributed by atoms with Crippen LogP contribution in [0.1, 0.15) is 0 Å². The summed E-state index contributed by atoms with van der Waals surface area (Å²) in [5.74, 6) is 1.51. The van der Waals surface area contributed by atoms with Gasteiger partial charge in [-0.2, -0.15) is 0 Å². The summed E-state index contributed by atoms with van der Waals surface area (Å²) in [4.78, 5) is 7.64. The van der Waals surface area contributed by atoms with Gasteiger partial charge in [0.25, 0.3) is 0 Å². The Bertz CT molecular complexity index is 4890. The molecule has 15 aromatic rings. The van der Waals surface area contributed by atoms with Gasteiger partial charge in [-0.25, -0.2) is 4.98 Å². The Morgan fingerprint density at radius 2 is 0.875 bits per heavy atom. The van der Waals surface area contributed by atoms with Crippen molar-refractivity contribution in [2.75, 3.05) is 4.90 Å². The van der Waals surface area contributed by atoms with Gasteiger partial charge in [0, 0.05) is 72.7 Å². The van der Waals surface area contributed by atoms with Crippen LogP contribution in [0.15, 0.2) is 237 Å². The molecule has 336 valence electrons. The first-order chi connectivity index (χ1) is 35.7. The molecule has 0 atom stereocenters. The lowest BCUT2D eigenvalue weighted by Gasteiger charge is -2.21. The lowest BCUT2D eigenvalue weighted by molar-refractivity contribution is 0.483. The zero-order valence-corrected chi connectivity index (χ0v) is 38.9. The number of pyridine rings is 1. The second-order valence-corrected chi connectivity index (χ2v) is 19.0. The van der Waals surface area contributed by atoms with Gasteiger partial charge in [0.1, 0.15) is 18.2 Å². The summed E-state index contributed by atoms with van der Waals surface area (Å²) in [6, 6.07) is 83.6. The smallest absolute Gasteiger partial charge is 0.162 e. The average Bonchev–Trinajstić information content (AvgIpc) is 4.11. The fourth-order valence-corrected chi connectivity index (χ4v) is 12.4.